The number of aromatic nitrogens is 2. The summed E-state index contributed by atoms with van der Waals surface area (Å²) in [6.07, 6.45) is -1.90. The van der Waals surface area contributed by atoms with Gasteiger partial charge in [0.25, 0.3) is 0 Å². The number of alkyl halides is 3. The van der Waals surface area contributed by atoms with Crippen molar-refractivity contribution in [2.75, 3.05) is 18.1 Å². The molecular weight excluding hydrogens is 347 g/mol. The van der Waals surface area contributed by atoms with E-state index in [2.05, 4.69) is 5.10 Å². The first-order valence-corrected chi connectivity index (χ1v) is 9.51. The maximum absolute atomic E-state index is 12.7. The lowest BCUT2D eigenvalue weighted by Crippen LogP contribution is -2.65. The molecule has 1 unspecified atom stereocenters. The molecular formula is C14H18F3N3O3S. The van der Waals surface area contributed by atoms with Crippen LogP contribution in [0.1, 0.15) is 37.9 Å². The minimum absolute atomic E-state index is 0.0468. The van der Waals surface area contributed by atoms with Gasteiger partial charge in [0, 0.05) is 18.3 Å². The Morgan fingerprint density at radius 3 is 2.38 bits per heavy atom. The Morgan fingerprint density at radius 2 is 1.92 bits per heavy atom. The first-order valence-electron chi connectivity index (χ1n) is 7.68. The summed E-state index contributed by atoms with van der Waals surface area (Å²) in [5.41, 5.74) is -1.50. The molecule has 1 aromatic heterocycles. The molecule has 0 aliphatic carbocycles. The molecule has 1 aromatic rings. The van der Waals surface area contributed by atoms with Crippen molar-refractivity contribution in [3.63, 3.8) is 0 Å². The Bertz CT molecular complexity index is 743. The number of halogens is 3. The van der Waals surface area contributed by atoms with Crippen LogP contribution in [0, 0.1) is 0 Å². The maximum Gasteiger partial charge on any atom is 0.435 e. The third-order valence-electron chi connectivity index (χ3n) is 5.05. The van der Waals surface area contributed by atoms with Crippen LogP contribution in [-0.2, 0) is 20.8 Å². The van der Waals surface area contributed by atoms with Crippen LogP contribution >= 0.6 is 0 Å². The Morgan fingerprint density at radius 1 is 1.29 bits per heavy atom. The highest BCUT2D eigenvalue weighted by atomic mass is 32.2. The molecule has 0 N–H and O–H groups in total. The van der Waals surface area contributed by atoms with Crippen molar-refractivity contribution in [2.45, 2.75) is 43.9 Å². The summed E-state index contributed by atoms with van der Waals surface area (Å²) in [6, 6.07) is -0.0279. The number of hydrogen-bond acceptors (Lipinski definition) is 4. The number of sulfone groups is 1. The normalized spacial score (nSPS) is 23.8. The lowest BCUT2D eigenvalue weighted by Gasteiger charge is -2.55. The van der Waals surface area contributed by atoms with Crippen molar-refractivity contribution >= 4 is 15.7 Å². The van der Waals surface area contributed by atoms with E-state index in [4.69, 9.17) is 0 Å². The van der Waals surface area contributed by atoms with Crippen molar-refractivity contribution in [1.82, 2.24) is 14.7 Å². The molecule has 2 fully saturated rings. The summed E-state index contributed by atoms with van der Waals surface area (Å²) in [5, 5.41) is 3.45. The van der Waals surface area contributed by atoms with Gasteiger partial charge in [0.1, 0.15) is 15.9 Å². The van der Waals surface area contributed by atoms with Crippen LogP contribution in [-0.4, -0.2) is 52.6 Å². The number of hydrogen-bond donors (Lipinski definition) is 0. The molecule has 0 aromatic carbocycles. The van der Waals surface area contributed by atoms with E-state index in [1.807, 2.05) is 0 Å². The van der Waals surface area contributed by atoms with Crippen molar-refractivity contribution in [3.8, 4) is 0 Å². The third-order valence-corrected chi connectivity index (χ3v) is 6.70. The van der Waals surface area contributed by atoms with Gasteiger partial charge < -0.3 is 4.90 Å². The highest BCUT2D eigenvalue weighted by Gasteiger charge is 2.51. The van der Waals surface area contributed by atoms with Gasteiger partial charge in [0.15, 0.2) is 5.69 Å². The largest absolute Gasteiger partial charge is 0.435 e. The van der Waals surface area contributed by atoms with E-state index in [1.165, 1.54) is 6.92 Å². The fourth-order valence-corrected chi connectivity index (χ4v) is 4.95. The minimum atomic E-state index is -4.55. The average molecular weight is 365 g/mol. The molecule has 0 saturated carbocycles. The van der Waals surface area contributed by atoms with Crippen LogP contribution in [0.2, 0.25) is 0 Å². The van der Waals surface area contributed by atoms with E-state index in [9.17, 15) is 26.4 Å². The zero-order valence-electron chi connectivity index (χ0n) is 13.1. The zero-order chi connectivity index (χ0) is 17.8. The Kier molecular flexibility index (Phi) is 3.93. The number of nitrogens with zero attached hydrogens (tertiary/aromatic N) is 3. The maximum atomic E-state index is 12.7. The standard InChI is InChI=1S/C14H18F3N3O3S/c1-10(20-6-2-11(18-20)14(15,16)17)12(21)19-7-3-13(19)4-8-24(22,23)9-5-13/h2,6,10H,3-5,7-9H2,1H3. The molecule has 1 spiro atoms. The summed E-state index contributed by atoms with van der Waals surface area (Å²) in [7, 11) is -3.05. The molecule has 3 heterocycles. The monoisotopic (exact) mass is 365 g/mol. The van der Waals surface area contributed by atoms with Crippen LogP contribution in [0.25, 0.3) is 0 Å². The third kappa shape index (κ3) is 2.91. The lowest BCUT2D eigenvalue weighted by molar-refractivity contribution is -0.153. The fourth-order valence-electron chi connectivity index (χ4n) is 3.37. The molecule has 134 valence electrons. The van der Waals surface area contributed by atoms with Gasteiger partial charge in [-0.2, -0.15) is 18.3 Å². The molecule has 0 radical (unpaired) electrons. The van der Waals surface area contributed by atoms with Crippen LogP contribution < -0.4 is 0 Å². The molecule has 2 saturated heterocycles. The number of amides is 1. The Hall–Kier alpha value is -1.58. The second-order valence-corrected chi connectivity index (χ2v) is 8.77. The highest BCUT2D eigenvalue weighted by Crippen LogP contribution is 2.41. The summed E-state index contributed by atoms with van der Waals surface area (Å²) >= 11 is 0. The Balaban J connectivity index is 1.73. The van der Waals surface area contributed by atoms with Crippen LogP contribution in [0.3, 0.4) is 0 Å². The van der Waals surface area contributed by atoms with E-state index in [0.717, 1.165) is 23.4 Å². The first-order chi connectivity index (χ1) is 11.0. The van der Waals surface area contributed by atoms with Crippen molar-refractivity contribution in [2.24, 2.45) is 0 Å². The van der Waals surface area contributed by atoms with Gasteiger partial charge in [0.2, 0.25) is 5.91 Å². The van der Waals surface area contributed by atoms with Crippen LogP contribution in [0.15, 0.2) is 12.3 Å². The van der Waals surface area contributed by atoms with Crippen LogP contribution in [0.5, 0.6) is 0 Å². The van der Waals surface area contributed by atoms with Gasteiger partial charge in [0.05, 0.1) is 11.5 Å². The number of carbonyl (C=O) groups is 1. The lowest BCUT2D eigenvalue weighted by atomic mass is 9.79. The molecule has 24 heavy (non-hydrogen) atoms. The molecule has 3 rings (SSSR count). The van der Waals surface area contributed by atoms with Gasteiger partial charge in [-0.25, -0.2) is 8.42 Å². The number of likely N-dealkylation sites (tertiary alicyclic amines) is 1. The van der Waals surface area contributed by atoms with Crippen molar-refractivity contribution in [3.05, 3.63) is 18.0 Å². The van der Waals surface area contributed by atoms with E-state index in [0.29, 0.717) is 19.4 Å². The van der Waals surface area contributed by atoms with E-state index >= 15 is 0 Å². The first kappa shape index (κ1) is 17.2. The zero-order valence-corrected chi connectivity index (χ0v) is 13.9. The molecule has 0 bridgehead atoms. The van der Waals surface area contributed by atoms with E-state index in [1.54, 1.807) is 4.90 Å². The van der Waals surface area contributed by atoms with Gasteiger partial charge in [-0.05, 0) is 32.3 Å². The van der Waals surface area contributed by atoms with Gasteiger partial charge in [-0.3, -0.25) is 9.48 Å². The predicted molar refractivity (Wildman–Crippen MR) is 78.9 cm³/mol. The SMILES string of the molecule is CC(C(=O)N1CCC12CCS(=O)(=O)CC2)n1ccc(C(F)(F)F)n1. The summed E-state index contributed by atoms with van der Waals surface area (Å²) in [6.45, 7) is 2.00. The smallest absolute Gasteiger partial charge is 0.335 e. The van der Waals surface area contributed by atoms with Crippen LogP contribution in [0.4, 0.5) is 13.2 Å². The highest BCUT2D eigenvalue weighted by molar-refractivity contribution is 7.91. The van der Waals surface area contributed by atoms with Crippen molar-refractivity contribution in [1.29, 1.82) is 0 Å². The topological polar surface area (TPSA) is 72.3 Å². The Labute approximate surface area is 137 Å². The summed E-state index contributed by atoms with van der Waals surface area (Å²) < 4.78 is 62.1. The molecule has 2 aliphatic heterocycles. The number of carbonyl (C=O) groups excluding carboxylic acids is 1. The molecule has 2 aliphatic rings. The minimum Gasteiger partial charge on any atom is -0.335 e. The van der Waals surface area contributed by atoms with E-state index in [-0.39, 0.29) is 17.4 Å². The second-order valence-electron chi connectivity index (χ2n) is 6.47. The predicted octanol–water partition coefficient (Wildman–Crippen LogP) is 1.64. The molecule has 10 heteroatoms. The van der Waals surface area contributed by atoms with Gasteiger partial charge >= 0.3 is 6.18 Å². The fraction of sp³-hybridized carbons (Fsp3) is 0.714. The number of rotatable bonds is 2. The average Bonchev–Trinajstić information content (AvgIpc) is 2.95. The quantitative estimate of drug-likeness (QED) is 0.799. The molecule has 6 nitrogen and oxygen atoms in total. The summed E-state index contributed by atoms with van der Waals surface area (Å²) in [5.74, 6) is -0.228. The molecule has 1 amide bonds. The van der Waals surface area contributed by atoms with E-state index < -0.39 is 33.3 Å². The second kappa shape index (κ2) is 5.47. The molecule has 1 atom stereocenters. The summed E-state index contributed by atoms with van der Waals surface area (Å²) in [4.78, 5) is 14.3. The van der Waals surface area contributed by atoms with Gasteiger partial charge in [-0.1, -0.05) is 0 Å². The van der Waals surface area contributed by atoms with Crippen molar-refractivity contribution < 1.29 is 26.4 Å². The van der Waals surface area contributed by atoms with Gasteiger partial charge in [-0.15, -0.1) is 0 Å².